The van der Waals surface area contributed by atoms with E-state index in [-0.39, 0.29) is 17.1 Å². The molecule has 1 aromatic heterocycles. The van der Waals surface area contributed by atoms with Crippen LogP contribution in [-0.4, -0.2) is 16.1 Å². The maximum atomic E-state index is 13.2. The molecule has 0 saturated carbocycles. The van der Waals surface area contributed by atoms with Gasteiger partial charge in [0.05, 0.1) is 17.6 Å². The first kappa shape index (κ1) is 17.2. The molecule has 0 bridgehead atoms. The average Bonchev–Trinajstić information content (AvgIpc) is 2.83. The molecule has 0 aliphatic rings. The normalized spacial score (nSPS) is 11.9. The fourth-order valence-electron chi connectivity index (χ4n) is 2.46. The summed E-state index contributed by atoms with van der Waals surface area (Å²) in [5.41, 5.74) is 0.445. The summed E-state index contributed by atoms with van der Waals surface area (Å²) < 4.78 is 41.8. The first-order chi connectivity index (χ1) is 11.3. The minimum atomic E-state index is -4.50. The number of alkyl halides is 3. The van der Waals surface area contributed by atoms with E-state index in [4.69, 9.17) is 11.6 Å². The summed E-state index contributed by atoms with van der Waals surface area (Å²) in [4.78, 5) is 10.9. The van der Waals surface area contributed by atoms with Gasteiger partial charge in [0.25, 0.3) is 0 Å². The quantitative estimate of drug-likeness (QED) is 0.396. The van der Waals surface area contributed by atoms with Gasteiger partial charge >= 0.3 is 6.18 Å². The average molecular weight is 465 g/mol. The summed E-state index contributed by atoms with van der Waals surface area (Å²) >= 11 is 7.70. The first-order valence-electron chi connectivity index (χ1n) is 6.76. The number of hydrogen-bond donors (Lipinski definition) is 0. The van der Waals surface area contributed by atoms with Crippen LogP contribution in [-0.2, 0) is 12.7 Å². The van der Waals surface area contributed by atoms with E-state index >= 15 is 0 Å². The summed E-state index contributed by atoms with van der Waals surface area (Å²) in [5, 5.41) is 5.05. The van der Waals surface area contributed by atoms with E-state index in [2.05, 4.69) is 5.10 Å². The monoisotopic (exact) mass is 464 g/mol. The van der Waals surface area contributed by atoms with Crippen LogP contribution in [0.1, 0.15) is 21.5 Å². The fraction of sp³-hybridized carbons (Fsp3) is 0.125. The van der Waals surface area contributed by atoms with Gasteiger partial charge in [-0.1, -0.05) is 17.7 Å². The van der Waals surface area contributed by atoms with Gasteiger partial charge in [-0.05, 0) is 58.5 Å². The Morgan fingerprint density at radius 2 is 1.96 bits per heavy atom. The zero-order valence-corrected chi connectivity index (χ0v) is 14.9. The molecule has 0 aliphatic heterocycles. The van der Waals surface area contributed by atoms with Crippen LogP contribution in [0.3, 0.4) is 0 Å². The summed E-state index contributed by atoms with van der Waals surface area (Å²) in [6, 6.07) is 8.64. The van der Waals surface area contributed by atoms with Crippen LogP contribution in [0.2, 0.25) is 5.02 Å². The lowest BCUT2D eigenvalue weighted by Crippen LogP contribution is -2.12. The number of aromatic nitrogens is 2. The highest BCUT2D eigenvalue weighted by atomic mass is 127. The smallest absolute Gasteiger partial charge is 0.298 e. The molecule has 0 radical (unpaired) electrons. The number of benzene rings is 2. The Kier molecular flexibility index (Phi) is 4.56. The molecule has 124 valence electrons. The van der Waals surface area contributed by atoms with Crippen LogP contribution in [0.4, 0.5) is 13.2 Å². The Hall–Kier alpha value is -1.61. The predicted molar refractivity (Wildman–Crippen MR) is 93.4 cm³/mol. The third kappa shape index (κ3) is 3.27. The van der Waals surface area contributed by atoms with Gasteiger partial charge in [0.15, 0.2) is 0 Å². The molecule has 0 atom stereocenters. The number of carbonyl (C=O) groups is 1. The maximum Gasteiger partial charge on any atom is 0.416 e. The zero-order chi connectivity index (χ0) is 17.5. The molecule has 0 spiro atoms. The van der Waals surface area contributed by atoms with Crippen molar-refractivity contribution in [3.63, 3.8) is 0 Å². The zero-order valence-electron chi connectivity index (χ0n) is 11.9. The van der Waals surface area contributed by atoms with Crippen LogP contribution < -0.4 is 0 Å². The van der Waals surface area contributed by atoms with E-state index in [1.54, 1.807) is 18.2 Å². The molecule has 2 aromatic carbocycles. The summed E-state index contributed by atoms with van der Waals surface area (Å²) in [6.45, 7) is -0.0497. The van der Waals surface area contributed by atoms with Crippen molar-refractivity contribution in [2.24, 2.45) is 0 Å². The molecule has 3 rings (SSSR count). The second-order valence-corrected chi connectivity index (χ2v) is 6.60. The van der Waals surface area contributed by atoms with Gasteiger partial charge in [0, 0.05) is 16.0 Å². The first-order valence-corrected chi connectivity index (χ1v) is 8.22. The SMILES string of the molecule is O=Cc1ccc2c(c1)c(I)nn2Cc1ccc(Cl)cc1C(F)(F)F. The molecule has 0 N–H and O–H groups in total. The van der Waals surface area contributed by atoms with Crippen molar-refractivity contribution in [1.82, 2.24) is 9.78 Å². The lowest BCUT2D eigenvalue weighted by atomic mass is 10.1. The predicted octanol–water partition coefficient (Wildman–Crippen LogP) is 5.17. The largest absolute Gasteiger partial charge is 0.416 e. The van der Waals surface area contributed by atoms with Crippen molar-refractivity contribution >= 4 is 51.4 Å². The van der Waals surface area contributed by atoms with Gasteiger partial charge in [-0.3, -0.25) is 9.48 Å². The minimum Gasteiger partial charge on any atom is -0.298 e. The third-order valence-corrected chi connectivity index (χ3v) is 4.59. The van der Waals surface area contributed by atoms with E-state index in [0.29, 0.717) is 21.1 Å². The molecule has 0 amide bonds. The van der Waals surface area contributed by atoms with Crippen LogP contribution >= 0.6 is 34.2 Å². The standard InChI is InChI=1S/C16H9ClF3IN2O/c17-11-3-2-10(13(6-11)16(18,19)20)7-23-14-4-1-9(8-24)5-12(14)15(21)22-23/h1-6,8H,7H2. The second-order valence-electron chi connectivity index (χ2n) is 5.14. The molecule has 8 heteroatoms. The molecular formula is C16H9ClF3IN2O. The Bertz CT molecular complexity index is 937. The van der Waals surface area contributed by atoms with Crippen molar-refractivity contribution in [2.75, 3.05) is 0 Å². The Balaban J connectivity index is 2.10. The van der Waals surface area contributed by atoms with Crippen LogP contribution in [0.25, 0.3) is 10.9 Å². The van der Waals surface area contributed by atoms with E-state index in [1.165, 1.54) is 16.8 Å². The molecular weight excluding hydrogens is 456 g/mol. The fourth-order valence-corrected chi connectivity index (χ4v) is 3.33. The number of rotatable bonds is 3. The van der Waals surface area contributed by atoms with Crippen LogP contribution in [0.15, 0.2) is 36.4 Å². The molecule has 3 aromatic rings. The highest BCUT2D eigenvalue weighted by Gasteiger charge is 2.33. The Morgan fingerprint density at radius 1 is 1.21 bits per heavy atom. The molecule has 0 aliphatic carbocycles. The molecule has 24 heavy (non-hydrogen) atoms. The minimum absolute atomic E-state index is 0.0293. The number of hydrogen-bond acceptors (Lipinski definition) is 2. The van der Waals surface area contributed by atoms with E-state index < -0.39 is 11.7 Å². The van der Waals surface area contributed by atoms with E-state index in [9.17, 15) is 18.0 Å². The highest BCUT2D eigenvalue weighted by Crippen LogP contribution is 2.34. The second kappa shape index (κ2) is 6.36. The number of nitrogens with zero attached hydrogens (tertiary/aromatic N) is 2. The van der Waals surface area contributed by atoms with Crippen molar-refractivity contribution in [3.05, 3.63) is 61.8 Å². The van der Waals surface area contributed by atoms with Gasteiger partial charge in [0.1, 0.15) is 9.99 Å². The highest BCUT2D eigenvalue weighted by molar-refractivity contribution is 14.1. The molecule has 0 saturated heterocycles. The lowest BCUT2D eigenvalue weighted by Gasteiger charge is -2.13. The molecule has 0 unspecified atom stereocenters. The third-order valence-electron chi connectivity index (χ3n) is 3.56. The Labute approximate surface area is 153 Å². The summed E-state index contributed by atoms with van der Waals surface area (Å²) in [5.74, 6) is 0. The summed E-state index contributed by atoms with van der Waals surface area (Å²) in [7, 11) is 0. The lowest BCUT2D eigenvalue weighted by molar-refractivity contribution is -0.138. The van der Waals surface area contributed by atoms with Crippen molar-refractivity contribution < 1.29 is 18.0 Å². The number of fused-ring (bicyclic) bond motifs is 1. The van der Waals surface area contributed by atoms with Crippen LogP contribution in [0, 0.1) is 3.70 Å². The van der Waals surface area contributed by atoms with Crippen molar-refractivity contribution in [3.8, 4) is 0 Å². The number of carbonyl (C=O) groups excluding carboxylic acids is 1. The van der Waals surface area contributed by atoms with Crippen molar-refractivity contribution in [2.45, 2.75) is 12.7 Å². The summed E-state index contributed by atoms with van der Waals surface area (Å²) in [6.07, 6.45) is -3.78. The molecule has 0 fully saturated rings. The molecule has 1 heterocycles. The van der Waals surface area contributed by atoms with Crippen LogP contribution in [0.5, 0.6) is 0 Å². The van der Waals surface area contributed by atoms with Crippen molar-refractivity contribution in [1.29, 1.82) is 0 Å². The number of aldehydes is 1. The maximum absolute atomic E-state index is 13.2. The Morgan fingerprint density at radius 3 is 2.62 bits per heavy atom. The van der Waals surface area contributed by atoms with Gasteiger partial charge in [-0.25, -0.2) is 0 Å². The van der Waals surface area contributed by atoms with E-state index in [1.807, 2.05) is 22.6 Å². The number of halogens is 5. The van der Waals surface area contributed by atoms with Gasteiger partial charge < -0.3 is 0 Å². The van der Waals surface area contributed by atoms with Gasteiger partial charge in [0.2, 0.25) is 0 Å². The molecule has 3 nitrogen and oxygen atoms in total. The van der Waals surface area contributed by atoms with Gasteiger partial charge in [-0.15, -0.1) is 0 Å². The van der Waals surface area contributed by atoms with Gasteiger partial charge in [-0.2, -0.15) is 18.3 Å². The topological polar surface area (TPSA) is 34.9 Å². The van der Waals surface area contributed by atoms with E-state index in [0.717, 1.165) is 11.5 Å².